The Hall–Kier alpha value is -5.62. The van der Waals surface area contributed by atoms with E-state index in [1.807, 2.05) is 24.3 Å². The number of hydrogen-bond acceptors (Lipinski definition) is 9. The first kappa shape index (κ1) is 38.3. The third kappa shape index (κ3) is 7.62. The maximum Gasteiger partial charge on any atom is 0.323 e. The van der Waals surface area contributed by atoms with E-state index in [0.717, 1.165) is 49.0 Å². The number of halogens is 1. The van der Waals surface area contributed by atoms with E-state index in [2.05, 4.69) is 58.8 Å². The molecule has 4 aliphatic rings. The zero-order valence-corrected chi connectivity index (χ0v) is 33.8. The molecule has 5 aromatic rings. The Morgan fingerprint density at radius 3 is 2.11 bits per heavy atom. The van der Waals surface area contributed by atoms with Crippen LogP contribution in [0.5, 0.6) is 46.0 Å². The molecule has 0 fully saturated rings. The number of urea groups is 1. The van der Waals surface area contributed by atoms with Gasteiger partial charge in [-0.05, 0) is 122 Å². The monoisotopic (exact) mass is 790 g/mol. The van der Waals surface area contributed by atoms with Gasteiger partial charge in [0.05, 0.1) is 28.4 Å². The van der Waals surface area contributed by atoms with Crippen LogP contribution in [0, 0.1) is 0 Å². The molecule has 9 rings (SSSR count). The van der Waals surface area contributed by atoms with E-state index in [0.29, 0.717) is 68.8 Å². The van der Waals surface area contributed by atoms with E-state index >= 15 is 0 Å². The summed E-state index contributed by atoms with van der Waals surface area (Å²) in [5.74, 6) is 4.49. The molecule has 0 radical (unpaired) electrons. The van der Waals surface area contributed by atoms with Gasteiger partial charge in [0.25, 0.3) is 0 Å². The third-order valence-corrected chi connectivity index (χ3v) is 11.6. The van der Waals surface area contributed by atoms with Crippen LogP contribution < -0.4 is 39.1 Å². The molecule has 5 aromatic carbocycles. The van der Waals surface area contributed by atoms with Gasteiger partial charge in [0.2, 0.25) is 5.75 Å². The molecular weight excluding hydrogens is 744 g/mol. The van der Waals surface area contributed by atoms with Crippen LogP contribution in [0.15, 0.2) is 78.9 Å². The highest BCUT2D eigenvalue weighted by atomic mass is 35.5. The molecule has 0 aromatic heterocycles. The number of likely N-dealkylation sites (N-methyl/N-ethyl adjacent to an activating group) is 2. The van der Waals surface area contributed by atoms with Crippen LogP contribution in [0.4, 0.5) is 16.2 Å². The summed E-state index contributed by atoms with van der Waals surface area (Å²) in [5.41, 5.74) is 7.55. The van der Waals surface area contributed by atoms with Crippen molar-refractivity contribution in [3.05, 3.63) is 117 Å². The van der Waals surface area contributed by atoms with Gasteiger partial charge in [-0.3, -0.25) is 9.80 Å². The number of nitrogens with one attached hydrogen (secondary N) is 2. The summed E-state index contributed by atoms with van der Waals surface area (Å²) in [7, 11) is 10.8. The number of anilines is 2. The number of rotatable bonds is 6. The highest BCUT2D eigenvalue weighted by molar-refractivity contribution is 6.30. The van der Waals surface area contributed by atoms with Crippen molar-refractivity contribution in [3.63, 3.8) is 0 Å². The smallest absolute Gasteiger partial charge is 0.323 e. The molecule has 0 saturated heterocycles. The number of methoxy groups -OCH3 is 4. The number of benzene rings is 5. The predicted octanol–water partition coefficient (Wildman–Crippen LogP) is 9.46. The number of hydrogen-bond donors (Lipinski definition) is 2. The van der Waals surface area contributed by atoms with Crippen molar-refractivity contribution in [1.29, 1.82) is 0 Å². The van der Waals surface area contributed by atoms with Crippen molar-refractivity contribution in [2.24, 2.45) is 0 Å². The van der Waals surface area contributed by atoms with Crippen LogP contribution in [0.25, 0.3) is 0 Å². The second-order valence-corrected chi connectivity index (χ2v) is 15.2. The minimum absolute atomic E-state index is 0.103. The molecule has 296 valence electrons. The van der Waals surface area contributed by atoms with Gasteiger partial charge >= 0.3 is 6.03 Å². The Morgan fingerprint density at radius 2 is 1.39 bits per heavy atom. The summed E-state index contributed by atoms with van der Waals surface area (Å²) in [4.78, 5) is 18.3. The van der Waals surface area contributed by atoms with Crippen LogP contribution in [0.3, 0.4) is 0 Å². The van der Waals surface area contributed by atoms with Crippen molar-refractivity contribution >= 4 is 29.0 Å². The standard InChI is InChI=1S/C45H47ClN4O7/c1-49-16-14-27-20-37(52-3)40-24-33(27)35(49)18-26-10-12-32(13-11-26)56-39-22-29(34(25-38(39)53-4)48-45(51)47-31-9-7-8-30(46)23-31)19-36-42-28(15-17-50(36)2)21-41(54-5)43(55-6)44(42)57-40/h7-13,20-25,35-36H,14-19H2,1-6H3,(H2,47,48,51)/t35-,36-/m0/s1. The van der Waals surface area contributed by atoms with Gasteiger partial charge in [-0.25, -0.2) is 4.79 Å². The molecular formula is C45H47ClN4O7. The normalized spacial score (nSPS) is 17.5. The van der Waals surface area contributed by atoms with E-state index in [1.54, 1.807) is 58.8 Å². The Bertz CT molecular complexity index is 2320. The molecule has 0 spiro atoms. The lowest BCUT2D eigenvalue weighted by molar-refractivity contribution is 0.220. The van der Waals surface area contributed by atoms with Gasteiger partial charge in [-0.1, -0.05) is 29.8 Å². The largest absolute Gasteiger partial charge is 0.493 e. The third-order valence-electron chi connectivity index (χ3n) is 11.3. The van der Waals surface area contributed by atoms with Gasteiger partial charge in [0.15, 0.2) is 34.5 Å². The second-order valence-electron chi connectivity index (χ2n) is 14.7. The first-order valence-electron chi connectivity index (χ1n) is 19.0. The minimum Gasteiger partial charge on any atom is -0.493 e. The average Bonchev–Trinajstić information content (AvgIpc) is 3.20. The summed E-state index contributed by atoms with van der Waals surface area (Å²) < 4.78 is 37.6. The zero-order valence-electron chi connectivity index (χ0n) is 33.0. The number of carbonyl (C=O) groups excluding carboxylic acids is 1. The van der Waals surface area contributed by atoms with Crippen molar-refractivity contribution in [2.45, 2.75) is 37.8 Å². The van der Waals surface area contributed by atoms with Crippen LogP contribution >= 0.6 is 11.6 Å². The fraction of sp³-hybridized carbons (Fsp3) is 0.311. The van der Waals surface area contributed by atoms with Crippen LogP contribution in [-0.2, 0) is 25.7 Å². The zero-order chi connectivity index (χ0) is 39.8. The topological polar surface area (TPSA) is 103 Å². The lowest BCUT2D eigenvalue weighted by atomic mass is 9.86. The first-order valence-corrected chi connectivity index (χ1v) is 19.4. The fourth-order valence-corrected chi connectivity index (χ4v) is 8.50. The number of carbonyl (C=O) groups is 1. The van der Waals surface area contributed by atoms with E-state index in [1.165, 1.54) is 16.7 Å². The molecule has 2 amide bonds. The minimum atomic E-state index is -0.435. The SMILES string of the molecule is COc1cc(NC(=O)Nc2cccc(Cl)c2)c2cc1Oc1ccc(cc1)C[C@H]1c3cc(c(OC)cc3CCN1C)Oc1c(OC)c(OC)cc3c1[C@H](C2)N(C)CC3. The van der Waals surface area contributed by atoms with Gasteiger partial charge in [-0.15, -0.1) is 0 Å². The number of nitrogens with zero attached hydrogens (tertiary/aromatic N) is 2. The summed E-state index contributed by atoms with van der Waals surface area (Å²) in [6.45, 7) is 1.69. The van der Waals surface area contributed by atoms with E-state index in [9.17, 15) is 4.79 Å². The molecule has 2 N–H and O–H groups in total. The molecule has 4 aliphatic heterocycles. The summed E-state index contributed by atoms with van der Waals surface area (Å²) in [6.07, 6.45) is 2.89. The molecule has 12 heteroatoms. The highest BCUT2D eigenvalue weighted by Crippen LogP contribution is 2.52. The van der Waals surface area contributed by atoms with Gasteiger partial charge < -0.3 is 39.1 Å². The lowest BCUT2D eigenvalue weighted by Crippen LogP contribution is -2.34. The molecule has 0 unspecified atom stereocenters. The quantitative estimate of drug-likeness (QED) is 0.174. The Balaban J connectivity index is 1.32. The molecule has 4 heterocycles. The first-order chi connectivity index (χ1) is 27.7. The lowest BCUT2D eigenvalue weighted by Gasteiger charge is -2.37. The van der Waals surface area contributed by atoms with E-state index < -0.39 is 6.03 Å². The average molecular weight is 791 g/mol. The Labute approximate surface area is 338 Å². The maximum atomic E-state index is 13.6. The molecule has 0 aliphatic carbocycles. The van der Waals surface area contributed by atoms with E-state index in [-0.39, 0.29) is 12.1 Å². The summed E-state index contributed by atoms with van der Waals surface area (Å²) >= 11 is 6.23. The summed E-state index contributed by atoms with van der Waals surface area (Å²) in [6, 6.07) is 24.7. The fourth-order valence-electron chi connectivity index (χ4n) is 8.31. The van der Waals surface area contributed by atoms with Crippen molar-refractivity contribution in [2.75, 3.05) is 66.3 Å². The maximum absolute atomic E-state index is 13.6. The van der Waals surface area contributed by atoms with Crippen molar-refractivity contribution in [3.8, 4) is 46.0 Å². The second kappa shape index (κ2) is 16.1. The van der Waals surface area contributed by atoms with Crippen molar-refractivity contribution in [1.82, 2.24) is 9.80 Å². The number of fused-ring (bicyclic) bond motifs is 2. The molecule has 11 nitrogen and oxygen atoms in total. The van der Waals surface area contributed by atoms with Crippen LogP contribution in [-0.4, -0.2) is 71.5 Å². The molecule has 57 heavy (non-hydrogen) atoms. The van der Waals surface area contributed by atoms with Crippen LogP contribution in [0.1, 0.15) is 45.5 Å². The van der Waals surface area contributed by atoms with E-state index in [4.69, 9.17) is 40.0 Å². The highest BCUT2D eigenvalue weighted by Gasteiger charge is 2.35. The number of ether oxygens (including phenoxy) is 6. The predicted molar refractivity (Wildman–Crippen MR) is 222 cm³/mol. The van der Waals surface area contributed by atoms with Crippen LogP contribution in [0.2, 0.25) is 5.02 Å². The van der Waals surface area contributed by atoms with Crippen molar-refractivity contribution < 1.29 is 33.2 Å². The molecule has 6 bridgehead atoms. The molecule has 0 saturated carbocycles. The number of amides is 2. The van der Waals surface area contributed by atoms with Gasteiger partial charge in [0, 0.05) is 53.2 Å². The molecule has 2 atom stereocenters. The summed E-state index contributed by atoms with van der Waals surface area (Å²) in [5, 5.41) is 6.50. The van der Waals surface area contributed by atoms with Gasteiger partial charge in [0.1, 0.15) is 5.75 Å². The Morgan fingerprint density at radius 1 is 0.702 bits per heavy atom. The van der Waals surface area contributed by atoms with Gasteiger partial charge in [-0.2, -0.15) is 0 Å². The Kier molecular flexibility index (Phi) is 10.8.